The third-order valence-corrected chi connectivity index (χ3v) is 4.85. The van der Waals surface area contributed by atoms with E-state index >= 15 is 0 Å². The fourth-order valence-electron chi connectivity index (χ4n) is 2.37. The number of carbonyl (C=O) groups is 1. The minimum atomic E-state index is -0.0604. The number of nitrogens with zero attached hydrogens (tertiary/aromatic N) is 3. The Morgan fingerprint density at radius 1 is 1.43 bits per heavy atom. The van der Waals surface area contributed by atoms with Crippen LogP contribution in [0.15, 0.2) is 30.0 Å². The maximum atomic E-state index is 12.5. The Kier molecular flexibility index (Phi) is 6.10. The number of carbonyl (C=O) groups excluding carboxylic acids is 1. The SMILES string of the molecule is Cc1ncsc1CCN(C)C(=O)NC(c1cccnc1)C(C)C. The molecule has 1 N–H and O–H groups in total. The van der Waals surface area contributed by atoms with E-state index in [1.54, 1.807) is 22.4 Å². The quantitative estimate of drug-likeness (QED) is 0.882. The molecule has 0 aliphatic carbocycles. The summed E-state index contributed by atoms with van der Waals surface area (Å²) in [7, 11) is 1.83. The van der Waals surface area contributed by atoms with Crippen molar-refractivity contribution in [1.82, 2.24) is 20.2 Å². The minimum Gasteiger partial charge on any atom is -0.331 e. The fraction of sp³-hybridized carbons (Fsp3) is 0.471. The maximum Gasteiger partial charge on any atom is 0.317 e. The summed E-state index contributed by atoms with van der Waals surface area (Å²) < 4.78 is 0. The zero-order valence-corrected chi connectivity index (χ0v) is 14.9. The molecule has 0 saturated heterocycles. The molecule has 23 heavy (non-hydrogen) atoms. The van der Waals surface area contributed by atoms with Gasteiger partial charge in [-0.05, 0) is 24.5 Å². The zero-order valence-electron chi connectivity index (χ0n) is 14.1. The number of rotatable bonds is 6. The van der Waals surface area contributed by atoms with Gasteiger partial charge in [-0.25, -0.2) is 9.78 Å². The molecule has 2 aromatic heterocycles. The van der Waals surface area contributed by atoms with Gasteiger partial charge < -0.3 is 10.2 Å². The molecule has 2 rings (SSSR count). The highest BCUT2D eigenvalue weighted by Crippen LogP contribution is 2.21. The molecule has 124 valence electrons. The summed E-state index contributed by atoms with van der Waals surface area (Å²) in [5.41, 5.74) is 3.93. The molecule has 0 bridgehead atoms. The highest BCUT2D eigenvalue weighted by molar-refractivity contribution is 7.09. The van der Waals surface area contributed by atoms with E-state index in [0.717, 1.165) is 17.7 Å². The lowest BCUT2D eigenvalue weighted by Crippen LogP contribution is -2.41. The average molecular weight is 332 g/mol. The smallest absolute Gasteiger partial charge is 0.317 e. The average Bonchev–Trinajstić information content (AvgIpc) is 2.95. The first-order chi connectivity index (χ1) is 11.0. The van der Waals surface area contributed by atoms with Crippen molar-refractivity contribution in [3.63, 3.8) is 0 Å². The zero-order chi connectivity index (χ0) is 16.8. The monoisotopic (exact) mass is 332 g/mol. The molecule has 0 spiro atoms. The van der Waals surface area contributed by atoms with Crippen LogP contribution >= 0.6 is 11.3 Å². The van der Waals surface area contributed by atoms with Crippen LogP contribution in [0.4, 0.5) is 4.79 Å². The third kappa shape index (κ3) is 4.76. The van der Waals surface area contributed by atoms with Crippen LogP contribution in [0, 0.1) is 12.8 Å². The number of amides is 2. The van der Waals surface area contributed by atoms with Gasteiger partial charge in [0.25, 0.3) is 0 Å². The molecule has 1 unspecified atom stereocenters. The number of thiazole rings is 1. The van der Waals surface area contributed by atoms with Crippen molar-refractivity contribution in [3.05, 3.63) is 46.2 Å². The van der Waals surface area contributed by atoms with Crippen molar-refractivity contribution in [2.75, 3.05) is 13.6 Å². The Hall–Kier alpha value is -1.95. The summed E-state index contributed by atoms with van der Waals surface area (Å²) in [6, 6.07) is 3.80. The summed E-state index contributed by atoms with van der Waals surface area (Å²) in [6.45, 7) is 6.87. The topological polar surface area (TPSA) is 58.1 Å². The van der Waals surface area contributed by atoms with Gasteiger partial charge in [-0.1, -0.05) is 19.9 Å². The van der Waals surface area contributed by atoms with Gasteiger partial charge in [0.15, 0.2) is 0 Å². The normalized spacial score (nSPS) is 12.2. The molecule has 0 aliphatic rings. The molecule has 6 heteroatoms. The van der Waals surface area contributed by atoms with E-state index in [2.05, 4.69) is 29.1 Å². The second-order valence-corrected chi connectivity index (χ2v) is 6.93. The number of urea groups is 1. The predicted octanol–water partition coefficient (Wildman–Crippen LogP) is 3.43. The molecule has 0 fully saturated rings. The van der Waals surface area contributed by atoms with E-state index in [4.69, 9.17) is 0 Å². The number of aromatic nitrogens is 2. The van der Waals surface area contributed by atoms with Crippen molar-refractivity contribution in [2.45, 2.75) is 33.2 Å². The van der Waals surface area contributed by atoms with Crippen molar-refractivity contribution in [3.8, 4) is 0 Å². The standard InChI is InChI=1S/C17H24N4OS/c1-12(2)16(14-6-5-8-18-10-14)20-17(22)21(4)9-7-15-13(3)19-11-23-15/h5-6,8,10-12,16H,7,9H2,1-4H3,(H,20,22). The van der Waals surface area contributed by atoms with E-state index in [1.165, 1.54) is 4.88 Å². The lowest BCUT2D eigenvalue weighted by atomic mass is 9.98. The third-order valence-electron chi connectivity index (χ3n) is 3.86. The number of likely N-dealkylation sites (N-methyl/N-ethyl adjacent to an activating group) is 1. The van der Waals surface area contributed by atoms with Crippen molar-refractivity contribution >= 4 is 17.4 Å². The minimum absolute atomic E-state index is 0.0382. The van der Waals surface area contributed by atoms with Gasteiger partial charge in [-0.3, -0.25) is 4.98 Å². The van der Waals surface area contributed by atoms with Crippen molar-refractivity contribution in [2.24, 2.45) is 5.92 Å². The Bertz CT molecular complexity index is 627. The van der Waals surface area contributed by atoms with Gasteiger partial charge in [0, 0.05) is 37.3 Å². The van der Waals surface area contributed by atoms with Gasteiger partial charge in [0.2, 0.25) is 0 Å². The van der Waals surface area contributed by atoms with Gasteiger partial charge in [-0.15, -0.1) is 11.3 Å². The van der Waals surface area contributed by atoms with Crippen LogP contribution < -0.4 is 5.32 Å². The van der Waals surface area contributed by atoms with E-state index in [-0.39, 0.29) is 12.1 Å². The molecule has 2 amide bonds. The van der Waals surface area contributed by atoms with Crippen molar-refractivity contribution in [1.29, 1.82) is 0 Å². The number of nitrogens with one attached hydrogen (secondary N) is 1. The van der Waals surface area contributed by atoms with E-state index in [0.29, 0.717) is 12.5 Å². The first-order valence-electron chi connectivity index (χ1n) is 7.79. The van der Waals surface area contributed by atoms with Crippen LogP contribution in [-0.4, -0.2) is 34.5 Å². The highest BCUT2D eigenvalue weighted by atomic mass is 32.1. The van der Waals surface area contributed by atoms with Crippen LogP contribution in [0.2, 0.25) is 0 Å². The molecular formula is C17H24N4OS. The predicted molar refractivity (Wildman–Crippen MR) is 93.5 cm³/mol. The largest absolute Gasteiger partial charge is 0.331 e. The van der Waals surface area contributed by atoms with Gasteiger partial charge in [0.1, 0.15) is 0 Å². The Morgan fingerprint density at radius 3 is 2.78 bits per heavy atom. The molecule has 0 saturated carbocycles. The van der Waals surface area contributed by atoms with E-state index in [1.807, 2.05) is 37.8 Å². The van der Waals surface area contributed by atoms with Crippen LogP contribution in [-0.2, 0) is 6.42 Å². The fourth-order valence-corrected chi connectivity index (χ4v) is 3.15. The molecule has 5 nitrogen and oxygen atoms in total. The van der Waals surface area contributed by atoms with Crippen LogP contribution in [0.5, 0.6) is 0 Å². The summed E-state index contributed by atoms with van der Waals surface area (Å²) in [5.74, 6) is 0.292. The molecule has 1 atom stereocenters. The molecule has 2 aromatic rings. The van der Waals surface area contributed by atoms with Gasteiger partial charge >= 0.3 is 6.03 Å². The number of aryl methyl sites for hydroxylation is 1. The Labute approximate surface area is 141 Å². The summed E-state index contributed by atoms with van der Waals surface area (Å²) in [4.78, 5) is 23.8. The number of hydrogen-bond acceptors (Lipinski definition) is 4. The summed E-state index contributed by atoms with van der Waals surface area (Å²) in [6.07, 6.45) is 4.39. The maximum absolute atomic E-state index is 12.5. The number of hydrogen-bond donors (Lipinski definition) is 1. The summed E-state index contributed by atoms with van der Waals surface area (Å²) in [5, 5.41) is 3.11. The van der Waals surface area contributed by atoms with Gasteiger partial charge in [0.05, 0.1) is 17.2 Å². The van der Waals surface area contributed by atoms with Crippen LogP contribution in [0.1, 0.15) is 36.0 Å². The molecule has 0 radical (unpaired) electrons. The highest BCUT2D eigenvalue weighted by Gasteiger charge is 2.20. The molecule has 2 heterocycles. The van der Waals surface area contributed by atoms with E-state index < -0.39 is 0 Å². The lowest BCUT2D eigenvalue weighted by molar-refractivity contribution is 0.201. The van der Waals surface area contributed by atoms with Crippen LogP contribution in [0.25, 0.3) is 0 Å². The Balaban J connectivity index is 1.94. The molecular weight excluding hydrogens is 308 g/mol. The molecule has 0 aromatic carbocycles. The molecule has 0 aliphatic heterocycles. The lowest BCUT2D eigenvalue weighted by Gasteiger charge is -2.26. The Morgan fingerprint density at radius 2 is 2.22 bits per heavy atom. The first-order valence-corrected chi connectivity index (χ1v) is 8.67. The van der Waals surface area contributed by atoms with Crippen molar-refractivity contribution < 1.29 is 4.79 Å². The van der Waals surface area contributed by atoms with Crippen LogP contribution in [0.3, 0.4) is 0 Å². The first kappa shape index (κ1) is 17.4. The second kappa shape index (κ2) is 8.06. The van der Waals surface area contributed by atoms with E-state index in [9.17, 15) is 4.79 Å². The second-order valence-electron chi connectivity index (χ2n) is 5.99. The summed E-state index contributed by atoms with van der Waals surface area (Å²) >= 11 is 1.64. The van der Waals surface area contributed by atoms with Gasteiger partial charge in [-0.2, -0.15) is 0 Å². The number of pyridine rings is 1.